The fourth-order valence-electron chi connectivity index (χ4n) is 2.07. The summed E-state index contributed by atoms with van der Waals surface area (Å²) in [6.45, 7) is 6.50. The van der Waals surface area contributed by atoms with Crippen LogP contribution < -0.4 is 10.6 Å². The van der Waals surface area contributed by atoms with Crippen LogP contribution in [0.4, 0.5) is 0 Å². The fraction of sp³-hybridized carbons (Fsp3) is 0.833. The van der Waals surface area contributed by atoms with Gasteiger partial charge in [0.25, 0.3) is 0 Å². The van der Waals surface area contributed by atoms with Gasteiger partial charge in [-0.3, -0.25) is 4.79 Å². The Bertz CT molecular complexity index is 291. The van der Waals surface area contributed by atoms with Crippen molar-refractivity contribution in [1.29, 1.82) is 0 Å². The number of carbonyl (C=O) groups is 2. The van der Waals surface area contributed by atoms with E-state index in [0.29, 0.717) is 5.92 Å². The van der Waals surface area contributed by atoms with Gasteiger partial charge < -0.3 is 15.7 Å². The van der Waals surface area contributed by atoms with Crippen molar-refractivity contribution in [2.75, 3.05) is 6.54 Å². The summed E-state index contributed by atoms with van der Waals surface area (Å²) < 4.78 is 0. The molecule has 0 aliphatic carbocycles. The number of carboxylic acid groups (broad SMARTS) is 1. The minimum absolute atomic E-state index is 0.113. The van der Waals surface area contributed by atoms with Crippen molar-refractivity contribution in [1.82, 2.24) is 10.6 Å². The number of hydrogen-bond donors (Lipinski definition) is 3. The molecule has 1 saturated heterocycles. The summed E-state index contributed by atoms with van der Waals surface area (Å²) in [5, 5.41) is 14.7. The molecule has 1 aliphatic rings. The van der Waals surface area contributed by atoms with Gasteiger partial charge in [-0.2, -0.15) is 0 Å². The predicted molar refractivity (Wildman–Crippen MR) is 64.6 cm³/mol. The molecule has 0 radical (unpaired) electrons. The molecule has 1 fully saturated rings. The number of amides is 1. The molecule has 1 rings (SSSR count). The Balaban J connectivity index is 2.54. The van der Waals surface area contributed by atoms with Crippen molar-refractivity contribution >= 4 is 11.9 Å². The van der Waals surface area contributed by atoms with Crippen LogP contribution >= 0.6 is 0 Å². The lowest BCUT2D eigenvalue weighted by atomic mass is 9.93. The SMILES string of the molecule is CC1CCNC(C(=O)N[C@H](C(=O)O)C(C)C)C1. The van der Waals surface area contributed by atoms with Crippen LogP contribution in [0, 0.1) is 11.8 Å². The molecule has 3 N–H and O–H groups in total. The van der Waals surface area contributed by atoms with Crippen molar-refractivity contribution in [2.45, 2.75) is 45.7 Å². The van der Waals surface area contributed by atoms with Crippen LogP contribution in [0.15, 0.2) is 0 Å². The third kappa shape index (κ3) is 4.00. The molecule has 5 nitrogen and oxygen atoms in total. The van der Waals surface area contributed by atoms with Crippen LogP contribution in [0.3, 0.4) is 0 Å². The number of nitrogens with one attached hydrogen (secondary N) is 2. The lowest BCUT2D eigenvalue weighted by molar-refractivity contribution is -0.143. The molecule has 17 heavy (non-hydrogen) atoms. The zero-order valence-electron chi connectivity index (χ0n) is 10.7. The van der Waals surface area contributed by atoms with Gasteiger partial charge in [-0.15, -0.1) is 0 Å². The summed E-state index contributed by atoms with van der Waals surface area (Å²) in [7, 11) is 0. The van der Waals surface area contributed by atoms with Crippen molar-refractivity contribution in [3.05, 3.63) is 0 Å². The average Bonchev–Trinajstić information content (AvgIpc) is 2.24. The van der Waals surface area contributed by atoms with Gasteiger partial charge in [-0.05, 0) is 31.2 Å². The van der Waals surface area contributed by atoms with Gasteiger partial charge in [0.05, 0.1) is 6.04 Å². The Kier molecular flexibility index (Phi) is 4.93. The van der Waals surface area contributed by atoms with Crippen molar-refractivity contribution in [2.24, 2.45) is 11.8 Å². The van der Waals surface area contributed by atoms with Gasteiger partial charge in [0.1, 0.15) is 6.04 Å². The smallest absolute Gasteiger partial charge is 0.326 e. The quantitative estimate of drug-likeness (QED) is 0.674. The van der Waals surface area contributed by atoms with Crippen LogP contribution in [0.25, 0.3) is 0 Å². The van der Waals surface area contributed by atoms with Crippen molar-refractivity contribution in [3.63, 3.8) is 0 Å². The summed E-state index contributed by atoms with van der Waals surface area (Å²) in [5.74, 6) is -0.776. The topological polar surface area (TPSA) is 78.4 Å². The van der Waals surface area contributed by atoms with Crippen LogP contribution in [-0.4, -0.2) is 35.6 Å². The van der Waals surface area contributed by atoms with E-state index in [-0.39, 0.29) is 17.9 Å². The third-order valence-corrected chi connectivity index (χ3v) is 3.21. The molecule has 0 aromatic rings. The first-order chi connectivity index (χ1) is 7.91. The van der Waals surface area contributed by atoms with E-state index in [1.807, 2.05) is 0 Å². The molecule has 0 aromatic carbocycles. The number of carboxylic acids is 1. The third-order valence-electron chi connectivity index (χ3n) is 3.21. The average molecular weight is 242 g/mol. The second kappa shape index (κ2) is 6.00. The number of rotatable bonds is 4. The normalized spacial score (nSPS) is 26.6. The van der Waals surface area contributed by atoms with E-state index < -0.39 is 12.0 Å². The Morgan fingerprint density at radius 1 is 1.41 bits per heavy atom. The van der Waals surface area contributed by atoms with Crippen LogP contribution in [0.1, 0.15) is 33.6 Å². The highest BCUT2D eigenvalue weighted by atomic mass is 16.4. The van der Waals surface area contributed by atoms with E-state index >= 15 is 0 Å². The number of carbonyl (C=O) groups excluding carboxylic acids is 1. The van der Waals surface area contributed by atoms with Gasteiger partial charge in [0.2, 0.25) is 5.91 Å². The van der Waals surface area contributed by atoms with Gasteiger partial charge in [-0.25, -0.2) is 4.79 Å². The van der Waals surface area contributed by atoms with Crippen LogP contribution in [0.5, 0.6) is 0 Å². The zero-order chi connectivity index (χ0) is 13.0. The lowest BCUT2D eigenvalue weighted by Crippen LogP contribution is -2.54. The highest BCUT2D eigenvalue weighted by Gasteiger charge is 2.29. The minimum Gasteiger partial charge on any atom is -0.480 e. The van der Waals surface area contributed by atoms with Gasteiger partial charge in [-0.1, -0.05) is 20.8 Å². The van der Waals surface area contributed by atoms with Crippen molar-refractivity contribution in [3.8, 4) is 0 Å². The summed E-state index contributed by atoms with van der Waals surface area (Å²) >= 11 is 0. The second-order valence-electron chi connectivity index (χ2n) is 5.20. The largest absolute Gasteiger partial charge is 0.480 e. The molecule has 2 unspecified atom stereocenters. The first-order valence-corrected chi connectivity index (χ1v) is 6.18. The second-order valence-corrected chi connectivity index (χ2v) is 5.20. The van der Waals surface area contributed by atoms with E-state index in [1.165, 1.54) is 0 Å². The molecule has 5 heteroatoms. The van der Waals surface area contributed by atoms with Gasteiger partial charge >= 0.3 is 5.97 Å². The number of hydrogen-bond acceptors (Lipinski definition) is 3. The lowest BCUT2D eigenvalue weighted by Gasteiger charge is -2.29. The molecule has 98 valence electrons. The standard InChI is InChI=1S/C12H22N2O3/c1-7(2)10(12(16)17)14-11(15)9-6-8(3)4-5-13-9/h7-10,13H,4-6H2,1-3H3,(H,14,15)(H,16,17)/t8?,9?,10-/m0/s1. The van der Waals surface area contributed by atoms with E-state index in [1.54, 1.807) is 13.8 Å². The first kappa shape index (κ1) is 14.0. The molecule has 1 heterocycles. The molecule has 0 bridgehead atoms. The minimum atomic E-state index is -0.975. The highest BCUT2D eigenvalue weighted by Crippen LogP contribution is 2.15. The zero-order valence-corrected chi connectivity index (χ0v) is 10.7. The fourth-order valence-corrected chi connectivity index (χ4v) is 2.07. The van der Waals surface area contributed by atoms with E-state index in [9.17, 15) is 9.59 Å². The summed E-state index contributed by atoms with van der Waals surface area (Å²) in [6, 6.07) is -1.05. The maximum Gasteiger partial charge on any atom is 0.326 e. The maximum atomic E-state index is 11.9. The van der Waals surface area contributed by atoms with Crippen molar-refractivity contribution < 1.29 is 14.7 Å². The Morgan fingerprint density at radius 3 is 2.53 bits per heavy atom. The summed E-state index contributed by atoms with van der Waals surface area (Å²) in [5.41, 5.74) is 0. The molecular formula is C12H22N2O3. The summed E-state index contributed by atoms with van der Waals surface area (Å²) in [4.78, 5) is 22.9. The molecule has 1 amide bonds. The van der Waals surface area contributed by atoms with Crippen LogP contribution in [0.2, 0.25) is 0 Å². The van der Waals surface area contributed by atoms with Crippen LogP contribution in [-0.2, 0) is 9.59 Å². The Morgan fingerprint density at radius 2 is 2.06 bits per heavy atom. The summed E-state index contributed by atoms with van der Waals surface area (Å²) in [6.07, 6.45) is 1.84. The van der Waals surface area contributed by atoms with E-state index in [0.717, 1.165) is 19.4 Å². The molecule has 3 atom stereocenters. The molecule has 1 aliphatic heterocycles. The Hall–Kier alpha value is -1.10. The number of piperidine rings is 1. The highest BCUT2D eigenvalue weighted by molar-refractivity contribution is 5.87. The first-order valence-electron chi connectivity index (χ1n) is 6.18. The molecular weight excluding hydrogens is 220 g/mol. The monoisotopic (exact) mass is 242 g/mol. The number of aliphatic carboxylic acids is 1. The molecule has 0 saturated carbocycles. The molecule has 0 spiro atoms. The molecule has 0 aromatic heterocycles. The predicted octanol–water partition coefficient (Wildman–Crippen LogP) is 0.600. The maximum absolute atomic E-state index is 11.9. The van der Waals surface area contributed by atoms with E-state index in [4.69, 9.17) is 5.11 Å². The Labute approximate surface area is 102 Å². The van der Waals surface area contributed by atoms with Gasteiger partial charge in [0.15, 0.2) is 0 Å². The van der Waals surface area contributed by atoms with E-state index in [2.05, 4.69) is 17.6 Å². The van der Waals surface area contributed by atoms with Gasteiger partial charge in [0, 0.05) is 0 Å².